The van der Waals surface area contributed by atoms with E-state index < -0.39 is 0 Å². The SMILES string of the molecule is N#Cc1ccc2c(c1)C(=O)NCCc1ccc(c(Cl)c1)OC/C=C/CO2. The summed E-state index contributed by atoms with van der Waals surface area (Å²) in [7, 11) is 0. The zero-order valence-electron chi connectivity index (χ0n) is 14.0. The highest BCUT2D eigenvalue weighted by molar-refractivity contribution is 6.32. The Bertz CT molecular complexity index is 887. The molecule has 0 radical (unpaired) electrons. The first kappa shape index (κ1) is 17.8. The van der Waals surface area contributed by atoms with E-state index in [1.54, 1.807) is 18.2 Å². The van der Waals surface area contributed by atoms with Crippen LogP contribution in [0.25, 0.3) is 0 Å². The standard InChI is InChI=1S/C20H17ClN2O3/c21-17-12-14-3-6-19(17)26-10-2-1-9-25-18-5-4-15(13-22)11-16(18)20(24)23-8-7-14/h1-6,11-12H,7-10H2,(H,23,24)/b2-1+. The molecule has 5 nitrogen and oxygen atoms in total. The average molecular weight is 369 g/mol. The Hall–Kier alpha value is -2.97. The van der Waals surface area contributed by atoms with Crippen LogP contribution in [0.5, 0.6) is 11.5 Å². The van der Waals surface area contributed by atoms with Gasteiger partial charge in [0.2, 0.25) is 0 Å². The molecule has 0 aliphatic carbocycles. The lowest BCUT2D eigenvalue weighted by atomic mass is 10.1. The molecule has 0 fully saturated rings. The predicted molar refractivity (Wildman–Crippen MR) is 98.8 cm³/mol. The molecule has 4 rings (SSSR count). The van der Waals surface area contributed by atoms with Gasteiger partial charge < -0.3 is 14.8 Å². The van der Waals surface area contributed by atoms with Gasteiger partial charge >= 0.3 is 0 Å². The monoisotopic (exact) mass is 368 g/mol. The summed E-state index contributed by atoms with van der Waals surface area (Å²) in [5.74, 6) is 0.774. The van der Waals surface area contributed by atoms with Crippen molar-refractivity contribution in [2.75, 3.05) is 19.8 Å². The van der Waals surface area contributed by atoms with Crippen molar-refractivity contribution in [1.82, 2.24) is 5.32 Å². The van der Waals surface area contributed by atoms with Crippen LogP contribution in [-0.4, -0.2) is 25.7 Å². The van der Waals surface area contributed by atoms with Gasteiger partial charge in [-0.25, -0.2) is 0 Å². The Morgan fingerprint density at radius 2 is 1.77 bits per heavy atom. The molecule has 0 unspecified atom stereocenters. The van der Waals surface area contributed by atoms with E-state index in [1.807, 2.05) is 30.3 Å². The summed E-state index contributed by atoms with van der Waals surface area (Å²) in [6.45, 7) is 1.08. The lowest BCUT2D eigenvalue weighted by Gasteiger charge is -2.12. The molecule has 1 amide bonds. The number of fused-ring (bicyclic) bond motifs is 9. The van der Waals surface area contributed by atoms with E-state index in [0.717, 1.165) is 5.56 Å². The first-order valence-electron chi connectivity index (χ1n) is 8.19. The molecule has 2 aromatic rings. The summed E-state index contributed by atoms with van der Waals surface area (Å²) in [5.41, 5.74) is 1.74. The van der Waals surface area contributed by atoms with Gasteiger partial charge in [0.1, 0.15) is 24.7 Å². The molecule has 2 aromatic carbocycles. The number of benzene rings is 2. The highest BCUT2D eigenvalue weighted by Gasteiger charge is 2.14. The molecule has 26 heavy (non-hydrogen) atoms. The molecule has 0 saturated carbocycles. The van der Waals surface area contributed by atoms with Crippen LogP contribution in [0.2, 0.25) is 5.02 Å². The van der Waals surface area contributed by atoms with Crippen molar-refractivity contribution in [2.24, 2.45) is 0 Å². The normalized spacial score (nSPS) is 15.8. The van der Waals surface area contributed by atoms with Gasteiger partial charge in [-0.05, 0) is 54.5 Å². The number of carbonyl (C=O) groups is 1. The van der Waals surface area contributed by atoms with Crippen molar-refractivity contribution in [1.29, 1.82) is 5.26 Å². The highest BCUT2D eigenvalue weighted by Crippen LogP contribution is 2.26. The van der Waals surface area contributed by atoms with Gasteiger partial charge in [0.25, 0.3) is 5.91 Å². The van der Waals surface area contributed by atoms with Gasteiger partial charge in [0.05, 0.1) is 22.2 Å². The number of hydrogen-bond donors (Lipinski definition) is 1. The van der Waals surface area contributed by atoms with Gasteiger partial charge in [-0.3, -0.25) is 4.79 Å². The maximum absolute atomic E-state index is 12.5. The minimum atomic E-state index is -0.278. The Morgan fingerprint density at radius 3 is 2.50 bits per heavy atom. The Balaban J connectivity index is 1.86. The number of nitriles is 1. The topological polar surface area (TPSA) is 71.4 Å². The molecular formula is C20H17ClN2O3. The fraction of sp³-hybridized carbons (Fsp3) is 0.200. The Labute approximate surface area is 156 Å². The first-order valence-corrected chi connectivity index (χ1v) is 8.56. The molecule has 1 N–H and O–H groups in total. The van der Waals surface area contributed by atoms with E-state index in [4.69, 9.17) is 26.3 Å². The summed E-state index contributed by atoms with van der Waals surface area (Å²) in [4.78, 5) is 12.5. The Kier molecular flexibility index (Phi) is 5.77. The van der Waals surface area contributed by atoms with E-state index in [-0.39, 0.29) is 12.5 Å². The minimum absolute atomic E-state index is 0.278. The fourth-order valence-corrected chi connectivity index (χ4v) is 2.80. The minimum Gasteiger partial charge on any atom is -0.489 e. The summed E-state index contributed by atoms with van der Waals surface area (Å²) < 4.78 is 11.3. The van der Waals surface area contributed by atoms with Gasteiger partial charge in [-0.1, -0.05) is 17.7 Å². The van der Waals surface area contributed by atoms with Crippen molar-refractivity contribution in [2.45, 2.75) is 6.42 Å². The fourth-order valence-electron chi connectivity index (χ4n) is 2.55. The number of nitrogens with one attached hydrogen (secondary N) is 1. The molecule has 6 heteroatoms. The summed E-state index contributed by atoms with van der Waals surface area (Å²) in [6, 6.07) is 12.4. The van der Waals surface area contributed by atoms with Gasteiger partial charge in [-0.2, -0.15) is 5.26 Å². The second-order valence-electron chi connectivity index (χ2n) is 5.69. The number of amides is 1. The van der Waals surface area contributed by atoms with Crippen LogP contribution in [-0.2, 0) is 6.42 Å². The third-order valence-electron chi connectivity index (χ3n) is 3.89. The summed E-state index contributed by atoms with van der Waals surface area (Å²) >= 11 is 6.23. The number of nitrogens with zero attached hydrogens (tertiary/aromatic N) is 1. The van der Waals surface area contributed by atoms with Gasteiger partial charge in [-0.15, -0.1) is 0 Å². The Morgan fingerprint density at radius 1 is 1.04 bits per heavy atom. The molecule has 0 atom stereocenters. The first-order chi connectivity index (χ1) is 12.7. The molecular weight excluding hydrogens is 352 g/mol. The smallest absolute Gasteiger partial charge is 0.255 e. The van der Waals surface area contributed by atoms with Crippen molar-refractivity contribution in [3.05, 3.63) is 70.3 Å². The molecule has 132 valence electrons. The molecule has 0 saturated heterocycles. The zero-order chi connectivity index (χ0) is 18.4. The summed E-state index contributed by atoms with van der Waals surface area (Å²) in [6.07, 6.45) is 4.24. The molecule has 2 aliphatic rings. The lowest BCUT2D eigenvalue weighted by Crippen LogP contribution is -2.26. The average Bonchev–Trinajstić information content (AvgIpc) is 2.65. The summed E-state index contributed by atoms with van der Waals surface area (Å²) in [5, 5.41) is 12.5. The maximum Gasteiger partial charge on any atom is 0.255 e. The van der Waals surface area contributed by atoms with E-state index in [1.165, 1.54) is 6.07 Å². The maximum atomic E-state index is 12.5. The quantitative estimate of drug-likeness (QED) is 0.722. The number of carbonyl (C=O) groups excluding carboxylic acids is 1. The number of hydrogen-bond acceptors (Lipinski definition) is 4. The van der Waals surface area contributed by atoms with Crippen LogP contribution in [0.1, 0.15) is 21.5 Å². The van der Waals surface area contributed by atoms with Crippen molar-refractivity contribution in [3.8, 4) is 17.6 Å². The largest absolute Gasteiger partial charge is 0.489 e. The van der Waals surface area contributed by atoms with E-state index in [0.29, 0.717) is 47.2 Å². The van der Waals surface area contributed by atoms with Crippen LogP contribution in [0, 0.1) is 11.3 Å². The molecule has 0 spiro atoms. The van der Waals surface area contributed by atoms with Crippen LogP contribution in [0.3, 0.4) is 0 Å². The second kappa shape index (κ2) is 8.41. The van der Waals surface area contributed by atoms with Crippen molar-refractivity contribution >= 4 is 17.5 Å². The number of halogens is 1. The highest BCUT2D eigenvalue weighted by atomic mass is 35.5. The predicted octanol–water partition coefficient (Wildman–Crippen LogP) is 3.51. The zero-order valence-corrected chi connectivity index (χ0v) is 14.8. The third-order valence-corrected chi connectivity index (χ3v) is 4.18. The number of rotatable bonds is 0. The van der Waals surface area contributed by atoms with Crippen LogP contribution < -0.4 is 14.8 Å². The van der Waals surface area contributed by atoms with Gasteiger partial charge in [0.15, 0.2) is 0 Å². The van der Waals surface area contributed by atoms with Crippen LogP contribution in [0.4, 0.5) is 0 Å². The van der Waals surface area contributed by atoms with Crippen molar-refractivity contribution in [3.63, 3.8) is 0 Å². The second-order valence-corrected chi connectivity index (χ2v) is 6.09. The van der Waals surface area contributed by atoms with E-state index >= 15 is 0 Å². The van der Waals surface area contributed by atoms with Crippen LogP contribution >= 0.6 is 11.6 Å². The van der Waals surface area contributed by atoms with Crippen LogP contribution in [0.15, 0.2) is 48.6 Å². The molecule has 2 aliphatic heterocycles. The third kappa shape index (κ3) is 4.35. The van der Waals surface area contributed by atoms with Gasteiger partial charge in [0, 0.05) is 6.54 Å². The number of ether oxygens (including phenoxy) is 2. The molecule has 0 aromatic heterocycles. The van der Waals surface area contributed by atoms with Crippen molar-refractivity contribution < 1.29 is 14.3 Å². The lowest BCUT2D eigenvalue weighted by molar-refractivity contribution is 0.0950. The molecule has 2 bridgehead atoms. The molecule has 2 heterocycles. The van der Waals surface area contributed by atoms with E-state index in [9.17, 15) is 4.79 Å². The van der Waals surface area contributed by atoms with E-state index in [2.05, 4.69) is 5.32 Å².